The van der Waals surface area contributed by atoms with Crippen LogP contribution in [0.1, 0.15) is 5.56 Å². The number of thiophene rings is 1. The first kappa shape index (κ1) is 9.05. The molecule has 0 fully saturated rings. The van der Waals surface area contributed by atoms with E-state index in [2.05, 4.69) is 48.4 Å². The lowest BCUT2D eigenvalue weighted by molar-refractivity contribution is 1.64. The van der Waals surface area contributed by atoms with Gasteiger partial charge < -0.3 is 0 Å². The number of hydrogen-bond acceptors (Lipinski definition) is 1. The fraction of sp³-hybridized carbons (Fsp3) is 0. The van der Waals surface area contributed by atoms with Crippen LogP contribution in [0, 0.1) is 18.8 Å². The van der Waals surface area contributed by atoms with E-state index in [1.54, 1.807) is 11.3 Å². The van der Waals surface area contributed by atoms with Crippen molar-refractivity contribution in [2.24, 2.45) is 0 Å². The van der Waals surface area contributed by atoms with Crippen molar-refractivity contribution in [2.45, 2.75) is 0 Å². The zero-order chi connectivity index (χ0) is 9.80. The second kappa shape index (κ2) is 4.13. The van der Waals surface area contributed by atoms with Gasteiger partial charge in [-0.3, -0.25) is 0 Å². The molecule has 0 atom stereocenters. The fourth-order valence-corrected chi connectivity index (χ4v) is 2.00. The van der Waals surface area contributed by atoms with Gasteiger partial charge in [0.05, 0.1) is 0 Å². The molecule has 0 bridgehead atoms. The van der Waals surface area contributed by atoms with E-state index in [0.717, 1.165) is 5.56 Å². The first-order valence-corrected chi connectivity index (χ1v) is 5.20. The van der Waals surface area contributed by atoms with E-state index in [1.165, 1.54) is 10.4 Å². The Morgan fingerprint density at radius 3 is 2.43 bits per heavy atom. The molecule has 1 aromatic heterocycles. The van der Waals surface area contributed by atoms with Gasteiger partial charge in [0.2, 0.25) is 0 Å². The highest BCUT2D eigenvalue weighted by atomic mass is 32.1. The minimum absolute atomic E-state index is 1.01. The predicted molar refractivity (Wildman–Crippen MR) is 62.0 cm³/mol. The largest absolute Gasteiger partial charge is 0.144 e. The lowest BCUT2D eigenvalue weighted by atomic mass is 10.1. The Kier molecular flexibility index (Phi) is 2.67. The Morgan fingerprint density at radius 1 is 1.07 bits per heavy atom. The summed E-state index contributed by atoms with van der Waals surface area (Å²) in [5, 5.41) is 2.08. The van der Waals surface area contributed by atoms with Crippen LogP contribution in [0.4, 0.5) is 0 Å². The van der Waals surface area contributed by atoms with E-state index in [-0.39, 0.29) is 0 Å². The molecule has 1 aromatic carbocycles. The summed E-state index contributed by atoms with van der Waals surface area (Å²) < 4.78 is 0. The molecule has 1 heteroatoms. The van der Waals surface area contributed by atoms with Crippen molar-refractivity contribution >= 4 is 11.3 Å². The SMILES string of the molecule is [CH2]C#Cc1ccc(-c2cccs2)cc1. The molecule has 14 heavy (non-hydrogen) atoms. The van der Waals surface area contributed by atoms with Gasteiger partial charge in [0.15, 0.2) is 0 Å². The molecule has 0 N–H and O–H groups in total. The molecule has 0 nitrogen and oxygen atoms in total. The van der Waals surface area contributed by atoms with Crippen molar-refractivity contribution < 1.29 is 0 Å². The monoisotopic (exact) mass is 197 g/mol. The van der Waals surface area contributed by atoms with Gasteiger partial charge in [-0.1, -0.05) is 30.0 Å². The molecule has 1 radical (unpaired) electrons. The van der Waals surface area contributed by atoms with E-state index in [0.29, 0.717) is 0 Å². The Bertz CT molecular complexity index is 452. The van der Waals surface area contributed by atoms with Crippen molar-refractivity contribution in [3.05, 3.63) is 54.3 Å². The van der Waals surface area contributed by atoms with Crippen molar-refractivity contribution in [3.8, 4) is 22.3 Å². The maximum Gasteiger partial charge on any atom is 0.0342 e. The summed E-state index contributed by atoms with van der Waals surface area (Å²) in [5.41, 5.74) is 2.26. The van der Waals surface area contributed by atoms with Crippen molar-refractivity contribution in [3.63, 3.8) is 0 Å². The zero-order valence-corrected chi connectivity index (χ0v) is 8.47. The smallest absolute Gasteiger partial charge is 0.0342 e. The molecular weight excluding hydrogens is 188 g/mol. The molecule has 0 spiro atoms. The topological polar surface area (TPSA) is 0 Å². The molecule has 0 aliphatic rings. The molecule has 0 aliphatic carbocycles. The van der Waals surface area contributed by atoms with Crippen LogP contribution in [0.25, 0.3) is 10.4 Å². The van der Waals surface area contributed by atoms with E-state index in [4.69, 9.17) is 0 Å². The minimum atomic E-state index is 1.01. The Labute approximate surface area is 88.2 Å². The van der Waals surface area contributed by atoms with E-state index >= 15 is 0 Å². The summed E-state index contributed by atoms with van der Waals surface area (Å²) in [6.45, 7) is 3.49. The molecule has 2 rings (SSSR count). The summed E-state index contributed by atoms with van der Waals surface area (Å²) >= 11 is 1.75. The molecule has 0 amide bonds. The minimum Gasteiger partial charge on any atom is -0.144 e. The number of rotatable bonds is 1. The molecule has 1 heterocycles. The van der Waals surface area contributed by atoms with Gasteiger partial charge in [0.1, 0.15) is 0 Å². The molecule has 67 valence electrons. The highest BCUT2D eigenvalue weighted by molar-refractivity contribution is 7.13. The van der Waals surface area contributed by atoms with Crippen LogP contribution >= 0.6 is 11.3 Å². The van der Waals surface area contributed by atoms with Crippen LogP contribution < -0.4 is 0 Å². The Hall–Kier alpha value is -1.52. The maximum atomic E-state index is 3.49. The van der Waals surface area contributed by atoms with Crippen LogP contribution in [-0.2, 0) is 0 Å². The van der Waals surface area contributed by atoms with Crippen LogP contribution in [0.3, 0.4) is 0 Å². The first-order chi connectivity index (χ1) is 6.90. The first-order valence-electron chi connectivity index (χ1n) is 4.32. The van der Waals surface area contributed by atoms with Crippen LogP contribution in [-0.4, -0.2) is 0 Å². The zero-order valence-electron chi connectivity index (χ0n) is 7.66. The van der Waals surface area contributed by atoms with Crippen molar-refractivity contribution in [1.29, 1.82) is 0 Å². The van der Waals surface area contributed by atoms with Gasteiger partial charge in [-0.15, -0.1) is 11.3 Å². The summed E-state index contributed by atoms with van der Waals surface area (Å²) in [5.74, 6) is 5.56. The van der Waals surface area contributed by atoms with E-state index < -0.39 is 0 Å². The third kappa shape index (κ3) is 1.86. The van der Waals surface area contributed by atoms with Crippen LogP contribution in [0.2, 0.25) is 0 Å². The average molecular weight is 197 g/mol. The Morgan fingerprint density at radius 2 is 1.86 bits per heavy atom. The normalized spacial score (nSPS) is 9.21. The fourth-order valence-electron chi connectivity index (χ4n) is 1.26. The summed E-state index contributed by atoms with van der Waals surface area (Å²) in [4.78, 5) is 1.29. The van der Waals surface area contributed by atoms with Crippen LogP contribution in [0.15, 0.2) is 41.8 Å². The molecule has 0 aliphatic heterocycles. The van der Waals surface area contributed by atoms with Gasteiger partial charge in [0.25, 0.3) is 0 Å². The van der Waals surface area contributed by atoms with Gasteiger partial charge in [0, 0.05) is 17.4 Å². The molecule has 0 saturated heterocycles. The van der Waals surface area contributed by atoms with E-state index in [1.807, 2.05) is 12.1 Å². The van der Waals surface area contributed by atoms with E-state index in [9.17, 15) is 0 Å². The second-order valence-corrected chi connectivity index (χ2v) is 3.80. The highest BCUT2D eigenvalue weighted by Crippen LogP contribution is 2.24. The average Bonchev–Trinajstić information content (AvgIpc) is 2.72. The third-order valence-electron chi connectivity index (χ3n) is 1.92. The van der Waals surface area contributed by atoms with Crippen LogP contribution in [0.5, 0.6) is 0 Å². The van der Waals surface area contributed by atoms with Gasteiger partial charge >= 0.3 is 0 Å². The van der Waals surface area contributed by atoms with Crippen molar-refractivity contribution in [1.82, 2.24) is 0 Å². The lowest BCUT2D eigenvalue weighted by Gasteiger charge is -1.96. The van der Waals surface area contributed by atoms with Gasteiger partial charge in [-0.05, 0) is 29.1 Å². The summed E-state index contributed by atoms with van der Waals surface area (Å²) in [6, 6.07) is 12.4. The van der Waals surface area contributed by atoms with Gasteiger partial charge in [-0.2, -0.15) is 0 Å². The standard InChI is InChI=1S/C13H9S/c1-2-4-11-6-8-12(9-7-11)13-5-3-10-14-13/h3,5-10H,1H2. The molecular formula is C13H9S. The summed E-state index contributed by atoms with van der Waals surface area (Å²) in [7, 11) is 0. The second-order valence-electron chi connectivity index (χ2n) is 2.86. The highest BCUT2D eigenvalue weighted by Gasteiger charge is 1.96. The number of benzene rings is 1. The quantitative estimate of drug-likeness (QED) is 0.613. The number of hydrogen-bond donors (Lipinski definition) is 0. The van der Waals surface area contributed by atoms with Gasteiger partial charge in [-0.25, -0.2) is 0 Å². The molecule has 2 aromatic rings. The lowest BCUT2D eigenvalue weighted by Crippen LogP contribution is -1.75. The molecule has 0 saturated carbocycles. The third-order valence-corrected chi connectivity index (χ3v) is 2.84. The maximum absolute atomic E-state index is 3.49. The Balaban J connectivity index is 2.34. The molecule has 0 unspecified atom stereocenters. The van der Waals surface area contributed by atoms with Crippen molar-refractivity contribution in [2.75, 3.05) is 0 Å². The summed E-state index contributed by atoms with van der Waals surface area (Å²) in [6.07, 6.45) is 0. The predicted octanol–water partition coefficient (Wildman–Crippen LogP) is 3.60.